The number of carbonyl (C=O) groups excluding carboxylic acids is 1. The summed E-state index contributed by atoms with van der Waals surface area (Å²) in [6.07, 6.45) is 6.46. The van der Waals surface area contributed by atoms with E-state index in [4.69, 9.17) is 0 Å². The van der Waals surface area contributed by atoms with Gasteiger partial charge in [-0.2, -0.15) is 0 Å². The Hall–Kier alpha value is -2.85. The fraction of sp³-hybridized carbons (Fsp3) is 0.292. The topological polar surface area (TPSA) is 37.3 Å². The largest absolute Gasteiger partial charge is 0.350 e. The molecule has 0 saturated carbocycles. The average molecular weight is 374 g/mol. The molecule has 4 heteroatoms. The Morgan fingerprint density at radius 2 is 1.61 bits per heavy atom. The first-order valence-electron chi connectivity index (χ1n) is 10.0. The summed E-state index contributed by atoms with van der Waals surface area (Å²) in [5.41, 5.74) is 4.28. The van der Waals surface area contributed by atoms with E-state index in [1.54, 1.807) is 0 Å². The molecule has 3 aromatic rings. The number of nitrogens with one attached hydrogen (secondary N) is 1. The van der Waals surface area contributed by atoms with Crippen LogP contribution < -0.4 is 5.32 Å². The van der Waals surface area contributed by atoms with Crippen molar-refractivity contribution in [3.8, 4) is 5.69 Å². The van der Waals surface area contributed by atoms with Crippen molar-refractivity contribution in [3.63, 3.8) is 0 Å². The van der Waals surface area contributed by atoms with Gasteiger partial charge < -0.3 is 9.88 Å². The predicted molar refractivity (Wildman–Crippen MR) is 113 cm³/mol. The van der Waals surface area contributed by atoms with Crippen molar-refractivity contribution in [2.24, 2.45) is 0 Å². The second-order valence-electron chi connectivity index (χ2n) is 7.52. The number of hydrogen-bond donors (Lipinski definition) is 1. The van der Waals surface area contributed by atoms with Gasteiger partial charge in [-0.15, -0.1) is 0 Å². The summed E-state index contributed by atoms with van der Waals surface area (Å²) >= 11 is 0. The highest BCUT2D eigenvalue weighted by Crippen LogP contribution is 2.25. The third-order valence-corrected chi connectivity index (χ3v) is 5.53. The number of rotatable bonds is 6. The Morgan fingerprint density at radius 1 is 0.964 bits per heavy atom. The second kappa shape index (κ2) is 8.44. The molecule has 4 nitrogen and oxygen atoms in total. The van der Waals surface area contributed by atoms with Crippen LogP contribution in [-0.4, -0.2) is 35.0 Å². The van der Waals surface area contributed by atoms with Crippen LogP contribution in [0, 0.1) is 6.92 Å². The van der Waals surface area contributed by atoms with E-state index in [2.05, 4.69) is 41.4 Å². The maximum absolute atomic E-state index is 12.7. The van der Waals surface area contributed by atoms with Gasteiger partial charge in [0.05, 0.1) is 6.04 Å². The van der Waals surface area contributed by atoms with Gasteiger partial charge in [0, 0.05) is 30.2 Å². The molecule has 1 aliphatic heterocycles. The third-order valence-electron chi connectivity index (χ3n) is 5.53. The van der Waals surface area contributed by atoms with Gasteiger partial charge in [-0.05, 0) is 74.8 Å². The van der Waals surface area contributed by atoms with E-state index in [1.807, 2.05) is 53.4 Å². The van der Waals surface area contributed by atoms with Crippen LogP contribution in [0.25, 0.3) is 5.69 Å². The minimum atomic E-state index is -0.0182. The van der Waals surface area contributed by atoms with Crippen LogP contribution in [0.15, 0.2) is 73.1 Å². The van der Waals surface area contributed by atoms with Gasteiger partial charge in [0.15, 0.2) is 0 Å². The number of benzene rings is 2. The smallest absolute Gasteiger partial charge is 0.251 e. The minimum Gasteiger partial charge on any atom is -0.350 e. The van der Waals surface area contributed by atoms with Gasteiger partial charge in [0.2, 0.25) is 0 Å². The standard InChI is InChI=1S/C24H27N3O/c1-19-6-8-20(9-7-19)23(27-16-4-5-17-27)18-25-24(28)21-10-12-22(13-11-21)26-14-2-3-15-26/h2-3,6-15,23H,4-5,16-18H2,1H3,(H,25,28). The van der Waals surface area contributed by atoms with E-state index in [0.29, 0.717) is 12.1 Å². The van der Waals surface area contributed by atoms with Crippen molar-refractivity contribution in [3.05, 3.63) is 89.7 Å². The zero-order valence-electron chi connectivity index (χ0n) is 16.3. The zero-order chi connectivity index (χ0) is 19.3. The van der Waals surface area contributed by atoms with Crippen molar-refractivity contribution < 1.29 is 4.79 Å². The number of carbonyl (C=O) groups is 1. The number of likely N-dealkylation sites (tertiary alicyclic amines) is 1. The summed E-state index contributed by atoms with van der Waals surface area (Å²) in [6.45, 7) is 4.93. The van der Waals surface area contributed by atoms with E-state index in [9.17, 15) is 4.79 Å². The molecule has 1 unspecified atom stereocenters. The molecule has 1 aliphatic rings. The van der Waals surface area contributed by atoms with Crippen LogP contribution in [0.1, 0.15) is 40.4 Å². The van der Waals surface area contributed by atoms with Crippen molar-refractivity contribution in [1.82, 2.24) is 14.8 Å². The predicted octanol–water partition coefficient (Wildman–Crippen LogP) is 4.35. The van der Waals surface area contributed by atoms with E-state index >= 15 is 0 Å². The molecule has 144 valence electrons. The Labute approximate surface area is 166 Å². The molecule has 1 amide bonds. The molecule has 2 aromatic carbocycles. The summed E-state index contributed by atoms with van der Waals surface area (Å²) in [4.78, 5) is 15.2. The van der Waals surface area contributed by atoms with Crippen LogP contribution in [0.4, 0.5) is 0 Å². The molecule has 0 radical (unpaired) electrons. The lowest BCUT2D eigenvalue weighted by atomic mass is 10.0. The van der Waals surface area contributed by atoms with Crippen LogP contribution in [0.5, 0.6) is 0 Å². The number of aromatic nitrogens is 1. The Kier molecular flexibility index (Phi) is 5.58. The van der Waals surface area contributed by atoms with E-state index in [0.717, 1.165) is 18.8 Å². The number of aryl methyl sites for hydroxylation is 1. The molecule has 1 fully saturated rings. The Morgan fingerprint density at radius 3 is 2.25 bits per heavy atom. The molecule has 1 atom stereocenters. The van der Waals surface area contributed by atoms with Crippen LogP contribution in [-0.2, 0) is 0 Å². The lowest BCUT2D eigenvalue weighted by Gasteiger charge is -2.28. The second-order valence-corrected chi connectivity index (χ2v) is 7.52. The summed E-state index contributed by atoms with van der Waals surface area (Å²) in [5.74, 6) is -0.0182. The highest BCUT2D eigenvalue weighted by atomic mass is 16.1. The molecule has 1 N–H and O–H groups in total. The Bertz CT molecular complexity index is 892. The van der Waals surface area contributed by atoms with Gasteiger partial charge in [-0.1, -0.05) is 29.8 Å². The maximum Gasteiger partial charge on any atom is 0.251 e. The van der Waals surface area contributed by atoms with Gasteiger partial charge in [-0.25, -0.2) is 0 Å². The number of hydrogen-bond acceptors (Lipinski definition) is 2. The SMILES string of the molecule is Cc1ccc(C(CNC(=O)c2ccc(-n3cccc3)cc2)N2CCCC2)cc1. The van der Waals surface area contributed by atoms with Crippen LogP contribution >= 0.6 is 0 Å². The first-order valence-corrected chi connectivity index (χ1v) is 10.0. The molecule has 4 rings (SSSR count). The summed E-state index contributed by atoms with van der Waals surface area (Å²) in [6, 6.07) is 20.6. The third kappa shape index (κ3) is 4.18. The fourth-order valence-electron chi connectivity index (χ4n) is 3.88. The lowest BCUT2D eigenvalue weighted by Crippen LogP contribution is -2.36. The van der Waals surface area contributed by atoms with Crippen molar-refractivity contribution in [1.29, 1.82) is 0 Å². The molecular formula is C24H27N3O. The molecule has 1 aromatic heterocycles. The lowest BCUT2D eigenvalue weighted by molar-refractivity contribution is 0.0938. The maximum atomic E-state index is 12.7. The summed E-state index contributed by atoms with van der Waals surface area (Å²) < 4.78 is 2.03. The normalized spacial score (nSPS) is 15.5. The monoisotopic (exact) mass is 373 g/mol. The molecule has 2 heterocycles. The van der Waals surface area contributed by atoms with Gasteiger partial charge in [-0.3, -0.25) is 9.69 Å². The van der Waals surface area contributed by atoms with E-state index < -0.39 is 0 Å². The summed E-state index contributed by atoms with van der Waals surface area (Å²) in [5, 5.41) is 3.16. The summed E-state index contributed by atoms with van der Waals surface area (Å²) in [7, 11) is 0. The average Bonchev–Trinajstić information content (AvgIpc) is 3.44. The van der Waals surface area contributed by atoms with Gasteiger partial charge in [0.25, 0.3) is 5.91 Å². The zero-order valence-corrected chi connectivity index (χ0v) is 16.3. The molecule has 0 aliphatic carbocycles. The highest BCUT2D eigenvalue weighted by Gasteiger charge is 2.24. The van der Waals surface area contributed by atoms with Crippen LogP contribution in [0.3, 0.4) is 0 Å². The van der Waals surface area contributed by atoms with E-state index in [-0.39, 0.29) is 11.9 Å². The minimum absolute atomic E-state index is 0.0182. The molecular weight excluding hydrogens is 346 g/mol. The first kappa shape index (κ1) is 18.5. The molecule has 28 heavy (non-hydrogen) atoms. The van der Waals surface area contributed by atoms with Gasteiger partial charge in [0.1, 0.15) is 0 Å². The van der Waals surface area contributed by atoms with Crippen molar-refractivity contribution in [2.75, 3.05) is 19.6 Å². The highest BCUT2D eigenvalue weighted by molar-refractivity contribution is 5.94. The van der Waals surface area contributed by atoms with Gasteiger partial charge >= 0.3 is 0 Å². The van der Waals surface area contributed by atoms with E-state index in [1.165, 1.54) is 24.0 Å². The van der Waals surface area contributed by atoms with Crippen molar-refractivity contribution in [2.45, 2.75) is 25.8 Å². The fourth-order valence-corrected chi connectivity index (χ4v) is 3.88. The molecule has 1 saturated heterocycles. The Balaban J connectivity index is 1.44. The quantitative estimate of drug-likeness (QED) is 0.697. The van der Waals surface area contributed by atoms with Crippen LogP contribution in [0.2, 0.25) is 0 Å². The molecule has 0 spiro atoms. The number of amides is 1. The van der Waals surface area contributed by atoms with Crippen molar-refractivity contribution >= 4 is 5.91 Å². The number of nitrogens with zero attached hydrogens (tertiary/aromatic N) is 2. The first-order chi connectivity index (χ1) is 13.7. The molecule has 0 bridgehead atoms.